The summed E-state index contributed by atoms with van der Waals surface area (Å²) in [5.41, 5.74) is 1.41. The highest BCUT2D eigenvalue weighted by molar-refractivity contribution is 5.90. The Hall–Kier alpha value is -3.52. The van der Waals surface area contributed by atoms with Crippen LogP contribution < -0.4 is 10.1 Å². The Morgan fingerprint density at radius 2 is 2.00 bits per heavy atom. The summed E-state index contributed by atoms with van der Waals surface area (Å²) in [6.45, 7) is 1.73. The number of nitrogens with zero attached hydrogens (tertiary/aromatic N) is 6. The molecule has 0 aliphatic carbocycles. The number of hydrogen-bond acceptors (Lipinski definition) is 7. The van der Waals surface area contributed by atoms with Crippen LogP contribution in [0.4, 0.5) is 27.9 Å². The maximum absolute atomic E-state index is 15.0. The van der Waals surface area contributed by atoms with E-state index in [1.807, 2.05) is 0 Å². The third-order valence-corrected chi connectivity index (χ3v) is 6.90. The summed E-state index contributed by atoms with van der Waals surface area (Å²) >= 11 is 0. The molecule has 5 rings (SSSR count). The molecule has 0 unspecified atom stereocenters. The Kier molecular flexibility index (Phi) is 7.33. The lowest BCUT2D eigenvalue weighted by atomic mass is 10.0. The lowest BCUT2D eigenvalue weighted by Crippen LogP contribution is -2.55. The summed E-state index contributed by atoms with van der Waals surface area (Å²) in [7, 11) is 2.90. The molecule has 1 aliphatic rings. The number of aromatic nitrogens is 5. The van der Waals surface area contributed by atoms with Crippen molar-refractivity contribution in [1.29, 1.82) is 0 Å². The van der Waals surface area contributed by atoms with Crippen LogP contribution in [0.5, 0.6) is 5.88 Å². The van der Waals surface area contributed by atoms with Gasteiger partial charge in [0.15, 0.2) is 5.82 Å². The van der Waals surface area contributed by atoms with Crippen molar-refractivity contribution < 1.29 is 31.4 Å². The Balaban J connectivity index is 1.48. The number of halogens is 5. The molecule has 210 valence electrons. The molecule has 1 N–H and O–H groups in total. The maximum Gasteiger partial charge on any atom is 0.280 e. The molecule has 1 fully saturated rings. The number of likely N-dealkylation sites (tertiary alicyclic amines) is 1. The van der Waals surface area contributed by atoms with Crippen LogP contribution in [0.1, 0.15) is 12.2 Å². The van der Waals surface area contributed by atoms with E-state index in [-0.39, 0.29) is 35.1 Å². The van der Waals surface area contributed by atoms with Crippen LogP contribution in [-0.4, -0.2) is 87.9 Å². The highest BCUT2D eigenvalue weighted by atomic mass is 19.3. The minimum atomic E-state index is -3.04. The van der Waals surface area contributed by atoms with Crippen molar-refractivity contribution in [2.45, 2.75) is 38.3 Å². The molecule has 4 heterocycles. The van der Waals surface area contributed by atoms with Crippen LogP contribution >= 0.6 is 0 Å². The van der Waals surface area contributed by atoms with Crippen LogP contribution in [0.3, 0.4) is 0 Å². The highest BCUT2D eigenvalue weighted by Gasteiger charge is 2.45. The van der Waals surface area contributed by atoms with Gasteiger partial charge in [0.25, 0.3) is 12.3 Å². The first-order chi connectivity index (χ1) is 18.6. The first-order valence-electron chi connectivity index (χ1n) is 12.3. The molecule has 1 saturated heterocycles. The van der Waals surface area contributed by atoms with Crippen LogP contribution in [-0.2, 0) is 11.3 Å². The molecule has 0 bridgehead atoms. The van der Waals surface area contributed by atoms with E-state index < -0.39 is 37.3 Å². The van der Waals surface area contributed by atoms with Gasteiger partial charge in [0, 0.05) is 32.0 Å². The molecule has 1 aliphatic heterocycles. The number of aryl methyl sites for hydroxylation is 1. The molecular formula is C25H28F5N7O2. The fourth-order valence-electron chi connectivity index (χ4n) is 5.00. The Morgan fingerprint density at radius 3 is 2.69 bits per heavy atom. The number of ether oxygens (including phenoxy) is 2. The Labute approximate surface area is 220 Å². The molecule has 0 spiro atoms. The zero-order valence-corrected chi connectivity index (χ0v) is 21.6. The van der Waals surface area contributed by atoms with Crippen molar-refractivity contribution in [1.82, 2.24) is 29.0 Å². The van der Waals surface area contributed by atoms with E-state index in [1.54, 1.807) is 23.2 Å². The number of alkyl halides is 4. The highest BCUT2D eigenvalue weighted by Crippen LogP contribution is 2.35. The molecule has 9 nitrogen and oxygen atoms in total. The number of fused-ring (bicyclic) bond motifs is 2. The average molecular weight is 554 g/mol. The summed E-state index contributed by atoms with van der Waals surface area (Å²) in [5, 5.41) is 7.09. The van der Waals surface area contributed by atoms with Crippen LogP contribution in [0.2, 0.25) is 0 Å². The largest absolute Gasteiger partial charge is 0.479 e. The lowest BCUT2D eigenvalue weighted by molar-refractivity contribution is -0.0770. The van der Waals surface area contributed by atoms with Crippen molar-refractivity contribution in [3.8, 4) is 17.0 Å². The predicted octanol–water partition coefficient (Wildman–Crippen LogP) is 4.24. The second-order valence-electron chi connectivity index (χ2n) is 9.47. The summed E-state index contributed by atoms with van der Waals surface area (Å²) in [6, 6.07) is 3.27. The van der Waals surface area contributed by atoms with Gasteiger partial charge in [-0.15, -0.1) is 5.10 Å². The smallest absolute Gasteiger partial charge is 0.280 e. The number of piperidine rings is 1. The van der Waals surface area contributed by atoms with Crippen molar-refractivity contribution in [3.63, 3.8) is 0 Å². The quantitative estimate of drug-likeness (QED) is 0.311. The van der Waals surface area contributed by atoms with Gasteiger partial charge in [-0.2, -0.15) is 4.98 Å². The summed E-state index contributed by atoms with van der Waals surface area (Å²) in [4.78, 5) is 10.1. The van der Waals surface area contributed by atoms with E-state index in [4.69, 9.17) is 9.47 Å². The number of anilines is 1. The molecule has 3 aromatic heterocycles. The van der Waals surface area contributed by atoms with Gasteiger partial charge >= 0.3 is 0 Å². The zero-order chi connectivity index (χ0) is 27.9. The van der Waals surface area contributed by atoms with E-state index >= 15 is 4.39 Å². The molecule has 0 radical (unpaired) electrons. The monoisotopic (exact) mass is 553 g/mol. The molecule has 14 heteroatoms. The SMILES string of the molecule is COCCN1CC[C@@H](Nc2nc(OC)c3c(-c4cc(F)c5nc(C)n(CC(F)F)c5c4)ccn3n2)C(F)(F)C1. The van der Waals surface area contributed by atoms with E-state index in [9.17, 15) is 17.6 Å². The van der Waals surface area contributed by atoms with E-state index in [1.165, 1.54) is 36.3 Å². The van der Waals surface area contributed by atoms with Gasteiger partial charge in [0.2, 0.25) is 11.8 Å². The van der Waals surface area contributed by atoms with E-state index in [2.05, 4.69) is 20.4 Å². The van der Waals surface area contributed by atoms with Gasteiger partial charge < -0.3 is 19.4 Å². The van der Waals surface area contributed by atoms with Gasteiger partial charge in [-0.3, -0.25) is 4.90 Å². The second kappa shape index (κ2) is 10.6. The van der Waals surface area contributed by atoms with Crippen molar-refractivity contribution in [2.75, 3.05) is 45.8 Å². The lowest BCUT2D eigenvalue weighted by Gasteiger charge is -2.38. The van der Waals surface area contributed by atoms with Crippen molar-refractivity contribution in [2.24, 2.45) is 0 Å². The van der Waals surface area contributed by atoms with Crippen molar-refractivity contribution >= 4 is 22.5 Å². The molecule has 39 heavy (non-hydrogen) atoms. The number of methoxy groups -OCH3 is 2. The summed E-state index contributed by atoms with van der Waals surface area (Å²) < 4.78 is 84.3. The van der Waals surface area contributed by atoms with Gasteiger partial charge in [0.05, 0.1) is 38.4 Å². The third kappa shape index (κ3) is 5.22. The minimum Gasteiger partial charge on any atom is -0.479 e. The molecule has 4 aromatic rings. The first kappa shape index (κ1) is 27.1. The number of hydrogen-bond donors (Lipinski definition) is 1. The van der Waals surface area contributed by atoms with Crippen LogP contribution in [0.15, 0.2) is 24.4 Å². The van der Waals surface area contributed by atoms with Gasteiger partial charge in [-0.05, 0) is 37.1 Å². The normalized spacial score (nSPS) is 17.9. The predicted molar refractivity (Wildman–Crippen MR) is 134 cm³/mol. The standard InChI is InChI=1S/C25H28F5N7O2/c1-14-31-21-17(26)10-15(11-18(21)36(14)12-20(27)28)16-4-7-37-22(16)23(39-3)33-24(34-37)32-19-5-6-35(8-9-38-2)13-25(19,29)30/h4,7,10-11,19-20H,5-6,8-9,12-13H2,1-3H3,(H,32,34)/t19-/m1/s1. The fraction of sp³-hybridized carbons (Fsp3) is 0.480. The van der Waals surface area contributed by atoms with Gasteiger partial charge in [-0.1, -0.05) is 0 Å². The van der Waals surface area contributed by atoms with Crippen LogP contribution in [0.25, 0.3) is 27.7 Å². The third-order valence-electron chi connectivity index (χ3n) is 6.90. The summed E-state index contributed by atoms with van der Waals surface area (Å²) in [6.07, 6.45) is -0.912. The molecule has 0 amide bonds. The number of nitrogens with one attached hydrogen (secondary N) is 1. The zero-order valence-electron chi connectivity index (χ0n) is 21.6. The molecule has 0 saturated carbocycles. The topological polar surface area (TPSA) is 81.7 Å². The van der Waals surface area contributed by atoms with Crippen LogP contribution in [0, 0.1) is 12.7 Å². The van der Waals surface area contributed by atoms with E-state index in [0.717, 1.165) is 0 Å². The minimum absolute atomic E-state index is 0.00990. The number of rotatable bonds is 9. The van der Waals surface area contributed by atoms with Gasteiger partial charge in [-0.25, -0.2) is 31.5 Å². The molecule has 1 aromatic carbocycles. The summed E-state index contributed by atoms with van der Waals surface area (Å²) in [5.74, 6) is -3.42. The van der Waals surface area contributed by atoms with Crippen molar-refractivity contribution in [3.05, 3.63) is 36.0 Å². The Bertz CT molecular complexity index is 1490. The maximum atomic E-state index is 15.0. The Morgan fingerprint density at radius 1 is 1.21 bits per heavy atom. The number of imidazole rings is 1. The first-order valence-corrected chi connectivity index (χ1v) is 12.3. The molecular weight excluding hydrogens is 525 g/mol. The average Bonchev–Trinajstić information content (AvgIpc) is 3.44. The van der Waals surface area contributed by atoms with Gasteiger partial charge in [0.1, 0.15) is 16.9 Å². The molecule has 1 atom stereocenters. The second-order valence-corrected chi connectivity index (χ2v) is 9.47. The van der Waals surface area contributed by atoms with E-state index in [0.29, 0.717) is 36.3 Å². The fourth-order valence-corrected chi connectivity index (χ4v) is 5.00. The number of benzene rings is 1.